The summed E-state index contributed by atoms with van der Waals surface area (Å²) in [7, 11) is 0. The maximum atomic E-state index is 12.9. The van der Waals surface area contributed by atoms with Crippen LogP contribution in [-0.4, -0.2) is 61.7 Å². The Bertz CT molecular complexity index is 911. The molecular formula is C23H26F3N3O2. The quantitative estimate of drug-likeness (QED) is 0.643. The van der Waals surface area contributed by atoms with Crippen molar-refractivity contribution in [3.63, 3.8) is 0 Å². The molecule has 31 heavy (non-hydrogen) atoms. The maximum Gasteiger partial charge on any atom is 0.416 e. The number of benzene rings is 2. The molecule has 1 fully saturated rings. The van der Waals surface area contributed by atoms with E-state index in [4.69, 9.17) is 4.74 Å². The number of rotatable bonds is 6. The zero-order chi connectivity index (χ0) is 21.8. The van der Waals surface area contributed by atoms with E-state index in [-0.39, 0.29) is 12.6 Å². The van der Waals surface area contributed by atoms with E-state index in [9.17, 15) is 18.0 Å². The Morgan fingerprint density at radius 3 is 2.42 bits per heavy atom. The molecule has 2 heterocycles. The highest BCUT2D eigenvalue weighted by Crippen LogP contribution is 2.32. The van der Waals surface area contributed by atoms with Gasteiger partial charge >= 0.3 is 6.18 Å². The summed E-state index contributed by atoms with van der Waals surface area (Å²) in [6, 6.07) is 12.8. The predicted octanol–water partition coefficient (Wildman–Crippen LogP) is 4.10. The number of ether oxygens (including phenoxy) is 1. The van der Waals surface area contributed by atoms with Crippen LogP contribution in [0.3, 0.4) is 0 Å². The van der Waals surface area contributed by atoms with Gasteiger partial charge in [0.05, 0.1) is 11.1 Å². The average molecular weight is 433 g/mol. The van der Waals surface area contributed by atoms with Crippen LogP contribution in [0.25, 0.3) is 0 Å². The molecule has 1 amide bonds. The predicted molar refractivity (Wildman–Crippen MR) is 112 cm³/mol. The van der Waals surface area contributed by atoms with Crippen molar-refractivity contribution in [2.75, 3.05) is 50.9 Å². The number of carbonyl (C=O) groups is 1. The molecule has 0 N–H and O–H groups in total. The number of nitrogens with zero attached hydrogens (tertiary/aromatic N) is 3. The lowest BCUT2D eigenvalue weighted by Crippen LogP contribution is -2.46. The molecule has 0 spiro atoms. The molecule has 1 saturated heterocycles. The van der Waals surface area contributed by atoms with Gasteiger partial charge in [0.25, 0.3) is 5.91 Å². The van der Waals surface area contributed by atoms with Gasteiger partial charge in [0.15, 0.2) is 6.73 Å². The van der Waals surface area contributed by atoms with Crippen LogP contribution in [0, 0.1) is 0 Å². The van der Waals surface area contributed by atoms with Crippen LogP contribution in [0.15, 0.2) is 48.5 Å². The maximum absolute atomic E-state index is 12.9. The van der Waals surface area contributed by atoms with Crippen LogP contribution < -0.4 is 9.64 Å². The van der Waals surface area contributed by atoms with E-state index in [0.717, 1.165) is 38.5 Å². The van der Waals surface area contributed by atoms with Gasteiger partial charge in [-0.25, -0.2) is 0 Å². The second-order valence-corrected chi connectivity index (χ2v) is 7.92. The summed E-state index contributed by atoms with van der Waals surface area (Å²) >= 11 is 0. The van der Waals surface area contributed by atoms with Crippen LogP contribution in [0.2, 0.25) is 0 Å². The standard InChI is InChI=1S/C23H26F3N3O2/c24-23(25,26)18-6-5-7-19(16-18)28-14-12-27(13-15-28)10-3-4-11-29-17-31-21-9-2-1-8-20(21)22(29)30/h1-2,5-9,16H,3-4,10-15,17H2. The molecule has 2 aliphatic heterocycles. The van der Waals surface area contributed by atoms with Crippen molar-refractivity contribution < 1.29 is 22.7 Å². The van der Waals surface area contributed by atoms with E-state index >= 15 is 0 Å². The van der Waals surface area contributed by atoms with Crippen molar-refractivity contribution in [3.05, 3.63) is 59.7 Å². The van der Waals surface area contributed by atoms with Gasteiger partial charge in [0.2, 0.25) is 0 Å². The molecule has 4 rings (SSSR count). The number of hydrogen-bond donors (Lipinski definition) is 0. The number of halogens is 3. The number of anilines is 1. The number of hydrogen-bond acceptors (Lipinski definition) is 4. The van der Waals surface area contributed by atoms with Crippen molar-refractivity contribution in [2.24, 2.45) is 0 Å². The summed E-state index contributed by atoms with van der Waals surface area (Å²) in [5.74, 6) is 0.652. The first-order valence-corrected chi connectivity index (χ1v) is 10.6. The molecule has 8 heteroatoms. The Morgan fingerprint density at radius 2 is 1.65 bits per heavy atom. The van der Waals surface area contributed by atoms with Crippen LogP contribution in [0.4, 0.5) is 18.9 Å². The van der Waals surface area contributed by atoms with E-state index in [0.29, 0.717) is 36.6 Å². The Kier molecular flexibility index (Phi) is 6.36. The number of carbonyl (C=O) groups excluding carboxylic acids is 1. The summed E-state index contributed by atoms with van der Waals surface area (Å²) < 4.78 is 44.5. The van der Waals surface area contributed by atoms with Crippen molar-refractivity contribution >= 4 is 11.6 Å². The second-order valence-electron chi connectivity index (χ2n) is 7.92. The van der Waals surface area contributed by atoms with E-state index in [2.05, 4.69) is 4.90 Å². The summed E-state index contributed by atoms with van der Waals surface area (Å²) in [5, 5.41) is 0. The van der Waals surface area contributed by atoms with Crippen LogP contribution >= 0.6 is 0 Å². The summed E-state index contributed by atoms with van der Waals surface area (Å²) in [5.41, 5.74) is 0.629. The van der Waals surface area contributed by atoms with Crippen molar-refractivity contribution in [1.82, 2.24) is 9.80 Å². The fourth-order valence-electron chi connectivity index (χ4n) is 4.06. The lowest BCUT2D eigenvalue weighted by atomic mass is 10.1. The Labute approximate surface area is 180 Å². The van der Waals surface area contributed by atoms with Crippen molar-refractivity contribution in [3.8, 4) is 5.75 Å². The first-order valence-electron chi connectivity index (χ1n) is 10.6. The van der Waals surface area contributed by atoms with Gasteiger partial charge < -0.3 is 14.5 Å². The molecule has 0 radical (unpaired) electrons. The summed E-state index contributed by atoms with van der Waals surface area (Å²) in [6.45, 7) is 4.89. The fourth-order valence-corrected chi connectivity index (χ4v) is 4.06. The number of amides is 1. The third kappa shape index (κ3) is 5.12. The number of alkyl halides is 3. The SMILES string of the molecule is O=C1c2ccccc2OCN1CCCCN1CCN(c2cccc(C(F)(F)F)c2)CC1. The van der Waals surface area contributed by atoms with Gasteiger partial charge in [-0.15, -0.1) is 0 Å². The van der Waals surface area contributed by atoms with Gasteiger partial charge in [-0.2, -0.15) is 13.2 Å². The topological polar surface area (TPSA) is 36.0 Å². The van der Waals surface area contributed by atoms with Crippen molar-refractivity contribution in [1.29, 1.82) is 0 Å². The Hall–Kier alpha value is -2.74. The van der Waals surface area contributed by atoms with Gasteiger partial charge in [-0.05, 0) is 49.7 Å². The zero-order valence-corrected chi connectivity index (χ0v) is 17.3. The van der Waals surface area contributed by atoms with Gasteiger partial charge in [0.1, 0.15) is 5.75 Å². The second kappa shape index (κ2) is 9.18. The van der Waals surface area contributed by atoms with E-state index in [1.54, 1.807) is 17.0 Å². The highest BCUT2D eigenvalue weighted by atomic mass is 19.4. The smallest absolute Gasteiger partial charge is 0.416 e. The Balaban J connectivity index is 1.19. The van der Waals surface area contributed by atoms with E-state index in [1.165, 1.54) is 12.1 Å². The molecule has 2 aromatic carbocycles. The van der Waals surface area contributed by atoms with Crippen LogP contribution in [0.1, 0.15) is 28.8 Å². The lowest BCUT2D eigenvalue weighted by molar-refractivity contribution is -0.137. The monoisotopic (exact) mass is 433 g/mol. The van der Waals surface area contributed by atoms with Gasteiger partial charge in [-0.3, -0.25) is 9.69 Å². The molecule has 0 unspecified atom stereocenters. The van der Waals surface area contributed by atoms with Gasteiger partial charge in [0, 0.05) is 38.4 Å². The molecule has 0 aromatic heterocycles. The largest absolute Gasteiger partial charge is 0.472 e. The summed E-state index contributed by atoms with van der Waals surface area (Å²) in [4.78, 5) is 18.6. The molecule has 0 bridgehead atoms. The number of fused-ring (bicyclic) bond motifs is 1. The minimum absolute atomic E-state index is 0.0107. The van der Waals surface area contributed by atoms with Crippen molar-refractivity contribution in [2.45, 2.75) is 19.0 Å². The van der Waals surface area contributed by atoms with Gasteiger partial charge in [-0.1, -0.05) is 18.2 Å². The fraction of sp³-hybridized carbons (Fsp3) is 0.435. The van der Waals surface area contributed by atoms with E-state index < -0.39 is 11.7 Å². The molecule has 166 valence electrons. The number of para-hydroxylation sites is 1. The molecule has 0 aliphatic carbocycles. The third-order valence-electron chi connectivity index (χ3n) is 5.84. The Morgan fingerprint density at radius 1 is 0.903 bits per heavy atom. The highest BCUT2D eigenvalue weighted by molar-refractivity contribution is 5.97. The van der Waals surface area contributed by atoms with Crippen LogP contribution in [-0.2, 0) is 6.18 Å². The third-order valence-corrected chi connectivity index (χ3v) is 5.84. The minimum atomic E-state index is -4.32. The molecule has 0 atom stereocenters. The first-order chi connectivity index (χ1) is 14.9. The molecule has 2 aromatic rings. The van der Waals surface area contributed by atoms with E-state index in [1.807, 2.05) is 23.1 Å². The zero-order valence-electron chi connectivity index (χ0n) is 17.3. The summed E-state index contributed by atoms with van der Waals surface area (Å²) in [6.07, 6.45) is -2.49. The number of unbranched alkanes of at least 4 members (excludes halogenated alkanes) is 1. The highest BCUT2D eigenvalue weighted by Gasteiger charge is 2.31. The molecule has 0 saturated carbocycles. The molecular weight excluding hydrogens is 407 g/mol. The minimum Gasteiger partial charge on any atom is -0.472 e. The lowest BCUT2D eigenvalue weighted by Gasteiger charge is -2.36. The number of piperazine rings is 1. The first kappa shape index (κ1) is 21.5. The molecule has 5 nitrogen and oxygen atoms in total. The average Bonchev–Trinajstić information content (AvgIpc) is 2.78. The molecule has 2 aliphatic rings. The normalized spacial score (nSPS) is 17.5. The van der Waals surface area contributed by atoms with Crippen LogP contribution in [0.5, 0.6) is 5.75 Å².